The first-order chi connectivity index (χ1) is 15.2. The summed E-state index contributed by atoms with van der Waals surface area (Å²) in [5.74, 6) is 2.65. The van der Waals surface area contributed by atoms with Crippen LogP contribution in [0.2, 0.25) is 0 Å². The number of hydrogen-bond donors (Lipinski definition) is 1. The number of aliphatic imine (C=N–C) groups is 1. The van der Waals surface area contributed by atoms with Crippen LogP contribution in [0.4, 0.5) is 5.95 Å². The molecule has 7 nitrogen and oxygen atoms in total. The Balaban J connectivity index is 0.00000289. The number of likely N-dealkylation sites (tertiary alicyclic amines) is 1. The SMILES string of the molecule is CN=C(NCc1ccc(CN2CCC(C)CC2)cc1)N1CCN(c2ncccn2)CC1.I. The fourth-order valence-corrected chi connectivity index (χ4v) is 4.33. The summed E-state index contributed by atoms with van der Waals surface area (Å²) in [5, 5.41) is 3.53. The van der Waals surface area contributed by atoms with E-state index in [0.29, 0.717) is 0 Å². The van der Waals surface area contributed by atoms with Crippen LogP contribution in [0.15, 0.2) is 47.7 Å². The third-order valence-electron chi connectivity index (χ3n) is 6.38. The molecule has 0 radical (unpaired) electrons. The van der Waals surface area contributed by atoms with Crippen LogP contribution in [-0.2, 0) is 13.1 Å². The van der Waals surface area contributed by atoms with Crippen molar-refractivity contribution in [2.75, 3.05) is 51.2 Å². The van der Waals surface area contributed by atoms with Gasteiger partial charge in [-0.2, -0.15) is 0 Å². The predicted octanol–water partition coefficient (Wildman–Crippen LogP) is 3.22. The number of piperidine rings is 1. The number of guanidine groups is 1. The Bertz CT molecular complexity index is 827. The highest BCUT2D eigenvalue weighted by Crippen LogP contribution is 2.18. The van der Waals surface area contributed by atoms with Crippen molar-refractivity contribution in [3.05, 3.63) is 53.9 Å². The van der Waals surface area contributed by atoms with Crippen LogP contribution in [-0.4, -0.2) is 72.0 Å². The van der Waals surface area contributed by atoms with Gasteiger partial charge in [-0.15, -0.1) is 24.0 Å². The first-order valence-electron chi connectivity index (χ1n) is 11.5. The summed E-state index contributed by atoms with van der Waals surface area (Å²) in [5.41, 5.74) is 2.69. The molecule has 3 heterocycles. The molecule has 2 saturated heterocycles. The van der Waals surface area contributed by atoms with Gasteiger partial charge in [0.05, 0.1) is 0 Å². The monoisotopic (exact) mass is 549 g/mol. The van der Waals surface area contributed by atoms with Gasteiger partial charge in [0.15, 0.2) is 5.96 Å². The van der Waals surface area contributed by atoms with E-state index >= 15 is 0 Å². The Hall–Kier alpha value is -1.94. The van der Waals surface area contributed by atoms with E-state index in [1.54, 1.807) is 12.4 Å². The zero-order chi connectivity index (χ0) is 21.5. The zero-order valence-corrected chi connectivity index (χ0v) is 21.6. The van der Waals surface area contributed by atoms with Gasteiger partial charge in [0.2, 0.25) is 5.95 Å². The van der Waals surface area contributed by atoms with E-state index in [9.17, 15) is 0 Å². The van der Waals surface area contributed by atoms with Crippen LogP contribution in [0.5, 0.6) is 0 Å². The van der Waals surface area contributed by atoms with E-state index in [0.717, 1.165) is 57.1 Å². The molecule has 0 bridgehead atoms. The van der Waals surface area contributed by atoms with E-state index in [2.05, 4.69) is 66.2 Å². The second-order valence-corrected chi connectivity index (χ2v) is 8.70. The van der Waals surface area contributed by atoms with Gasteiger partial charge in [0.25, 0.3) is 0 Å². The molecule has 0 aliphatic carbocycles. The lowest BCUT2D eigenvalue weighted by Gasteiger charge is -2.36. The maximum absolute atomic E-state index is 4.50. The minimum atomic E-state index is 0. The van der Waals surface area contributed by atoms with E-state index < -0.39 is 0 Å². The van der Waals surface area contributed by atoms with Crippen LogP contribution in [0.3, 0.4) is 0 Å². The smallest absolute Gasteiger partial charge is 0.225 e. The second kappa shape index (κ2) is 12.3. The van der Waals surface area contributed by atoms with Gasteiger partial charge in [-0.3, -0.25) is 9.89 Å². The number of benzene rings is 1. The molecule has 0 unspecified atom stereocenters. The molecule has 0 saturated carbocycles. The average Bonchev–Trinajstić information content (AvgIpc) is 2.83. The van der Waals surface area contributed by atoms with Crippen LogP contribution >= 0.6 is 24.0 Å². The number of hydrogen-bond acceptors (Lipinski definition) is 5. The molecule has 2 fully saturated rings. The fourth-order valence-electron chi connectivity index (χ4n) is 4.33. The van der Waals surface area contributed by atoms with E-state index in [-0.39, 0.29) is 24.0 Å². The van der Waals surface area contributed by atoms with Gasteiger partial charge < -0.3 is 15.1 Å². The van der Waals surface area contributed by atoms with Crippen LogP contribution in [0.25, 0.3) is 0 Å². The van der Waals surface area contributed by atoms with E-state index in [1.165, 1.54) is 37.1 Å². The van der Waals surface area contributed by atoms with Crippen molar-refractivity contribution in [3.8, 4) is 0 Å². The second-order valence-electron chi connectivity index (χ2n) is 8.70. The molecule has 0 amide bonds. The highest BCUT2D eigenvalue weighted by atomic mass is 127. The molecule has 1 aromatic heterocycles. The van der Waals surface area contributed by atoms with Crippen LogP contribution in [0, 0.1) is 5.92 Å². The molecule has 1 N–H and O–H groups in total. The third kappa shape index (κ3) is 6.78. The maximum atomic E-state index is 4.50. The van der Waals surface area contributed by atoms with Gasteiger partial charge in [-0.1, -0.05) is 31.2 Å². The highest BCUT2D eigenvalue weighted by Gasteiger charge is 2.21. The Labute approximate surface area is 209 Å². The number of anilines is 1. The van der Waals surface area contributed by atoms with Crippen molar-refractivity contribution in [1.82, 2.24) is 25.1 Å². The van der Waals surface area contributed by atoms with Gasteiger partial charge in [-0.05, 0) is 49.0 Å². The standard InChI is InChI=1S/C24H35N7.HI/c1-20-8-12-29(13-9-20)19-22-6-4-21(5-7-22)18-28-23(25-2)30-14-16-31(17-15-30)24-26-10-3-11-27-24;/h3-7,10-11,20H,8-9,12-19H2,1-2H3,(H,25,28);1H. The lowest BCUT2D eigenvalue weighted by Crippen LogP contribution is -2.52. The third-order valence-corrected chi connectivity index (χ3v) is 6.38. The number of halogens is 1. The quantitative estimate of drug-likeness (QED) is 0.351. The zero-order valence-electron chi connectivity index (χ0n) is 19.3. The largest absolute Gasteiger partial charge is 0.352 e. The van der Waals surface area contributed by atoms with Crippen molar-refractivity contribution in [2.24, 2.45) is 10.9 Å². The lowest BCUT2D eigenvalue weighted by atomic mass is 9.99. The van der Waals surface area contributed by atoms with Crippen molar-refractivity contribution in [2.45, 2.75) is 32.9 Å². The summed E-state index contributed by atoms with van der Waals surface area (Å²) in [6.45, 7) is 10.3. The minimum Gasteiger partial charge on any atom is -0.352 e. The predicted molar refractivity (Wildman–Crippen MR) is 142 cm³/mol. The Kier molecular flexibility index (Phi) is 9.52. The van der Waals surface area contributed by atoms with Gasteiger partial charge in [-0.25, -0.2) is 9.97 Å². The minimum absolute atomic E-state index is 0. The van der Waals surface area contributed by atoms with Gasteiger partial charge in [0.1, 0.15) is 0 Å². The number of nitrogens with one attached hydrogen (secondary N) is 1. The number of nitrogens with zero attached hydrogens (tertiary/aromatic N) is 6. The lowest BCUT2D eigenvalue weighted by molar-refractivity contribution is 0.185. The molecule has 2 aliphatic rings. The van der Waals surface area contributed by atoms with Crippen molar-refractivity contribution >= 4 is 35.9 Å². The number of aromatic nitrogens is 2. The summed E-state index contributed by atoms with van der Waals surface area (Å²) in [7, 11) is 1.86. The summed E-state index contributed by atoms with van der Waals surface area (Å²) >= 11 is 0. The molecule has 0 atom stereocenters. The Morgan fingerprint density at radius 3 is 2.22 bits per heavy atom. The van der Waals surface area contributed by atoms with Gasteiger partial charge in [0, 0.05) is 58.7 Å². The highest BCUT2D eigenvalue weighted by molar-refractivity contribution is 14.0. The van der Waals surface area contributed by atoms with Crippen molar-refractivity contribution in [3.63, 3.8) is 0 Å². The number of rotatable bonds is 5. The molecular weight excluding hydrogens is 513 g/mol. The van der Waals surface area contributed by atoms with Crippen LogP contribution < -0.4 is 10.2 Å². The molecule has 1 aromatic carbocycles. The molecule has 174 valence electrons. The average molecular weight is 550 g/mol. The molecule has 4 rings (SSSR count). The van der Waals surface area contributed by atoms with E-state index in [4.69, 9.17) is 0 Å². The topological polar surface area (TPSA) is 59.9 Å². The molecular formula is C24H36IN7. The fraction of sp³-hybridized carbons (Fsp3) is 0.542. The first-order valence-corrected chi connectivity index (χ1v) is 11.5. The maximum Gasteiger partial charge on any atom is 0.225 e. The molecule has 0 spiro atoms. The van der Waals surface area contributed by atoms with E-state index in [1.807, 2.05) is 13.1 Å². The van der Waals surface area contributed by atoms with Crippen molar-refractivity contribution < 1.29 is 0 Å². The van der Waals surface area contributed by atoms with Gasteiger partial charge >= 0.3 is 0 Å². The molecule has 32 heavy (non-hydrogen) atoms. The molecule has 2 aliphatic heterocycles. The molecule has 2 aromatic rings. The first kappa shape index (κ1) is 24.7. The Morgan fingerprint density at radius 1 is 0.969 bits per heavy atom. The van der Waals surface area contributed by atoms with Crippen LogP contribution in [0.1, 0.15) is 30.9 Å². The summed E-state index contributed by atoms with van der Waals surface area (Å²) < 4.78 is 0. The summed E-state index contributed by atoms with van der Waals surface area (Å²) in [6, 6.07) is 10.9. The normalized spacial score (nSPS) is 18.4. The van der Waals surface area contributed by atoms with Crippen molar-refractivity contribution in [1.29, 1.82) is 0 Å². The Morgan fingerprint density at radius 2 is 1.59 bits per heavy atom. The summed E-state index contributed by atoms with van der Waals surface area (Å²) in [4.78, 5) is 20.3. The molecule has 8 heteroatoms. The number of piperazine rings is 1. The summed E-state index contributed by atoms with van der Waals surface area (Å²) in [6.07, 6.45) is 6.25.